The number of hydrogen-bond donors (Lipinski definition) is 2. The van der Waals surface area contributed by atoms with E-state index in [9.17, 15) is 14.2 Å². The number of alkyl carbamates (subject to hydrolysis) is 1. The summed E-state index contributed by atoms with van der Waals surface area (Å²) in [6, 6.07) is -1.23. The Morgan fingerprint density at radius 2 is 1.68 bits per heavy atom. The maximum absolute atomic E-state index is 12.3. The van der Waals surface area contributed by atoms with Crippen molar-refractivity contribution in [3.05, 3.63) is 0 Å². The molecular weight excluding hydrogens is 313 g/mol. The minimum atomic E-state index is -3.35. The van der Waals surface area contributed by atoms with Crippen molar-refractivity contribution in [1.82, 2.24) is 5.32 Å². The largest absolute Gasteiger partial charge is 0.480 e. The molecule has 0 heterocycles. The molecule has 0 radical (unpaired) electrons. The molecule has 1 atom stereocenters. The van der Waals surface area contributed by atoms with Crippen LogP contribution in [0.5, 0.6) is 0 Å². The first-order valence-electron chi connectivity index (χ1n) is 7.13. The monoisotopic (exact) mass is 339 g/mol. The maximum Gasteiger partial charge on any atom is 0.408 e. The van der Waals surface area contributed by atoms with Crippen molar-refractivity contribution in [2.45, 2.75) is 52.7 Å². The number of carboxylic acids is 1. The fourth-order valence-corrected chi connectivity index (χ4v) is 3.25. The van der Waals surface area contributed by atoms with E-state index in [1.54, 1.807) is 34.6 Å². The van der Waals surface area contributed by atoms with Gasteiger partial charge >= 0.3 is 19.7 Å². The van der Waals surface area contributed by atoms with E-state index in [0.717, 1.165) is 0 Å². The molecule has 0 aliphatic heterocycles. The highest BCUT2D eigenvalue weighted by atomic mass is 31.2. The topological polar surface area (TPSA) is 111 Å². The second kappa shape index (κ2) is 9.12. The standard InChI is InChI=1S/C13H26NO7P/c1-6-19-22(18,20-7-2)9-8-10(11(15)16)14-12(17)21-13(3,4)5/h10H,6-9H2,1-5H3,(H,14,17)(H,15,16)/t10-/m0/s1. The van der Waals surface area contributed by atoms with Gasteiger partial charge in [-0.1, -0.05) is 0 Å². The molecule has 0 aliphatic rings. The molecule has 1 amide bonds. The number of nitrogens with one attached hydrogen (secondary N) is 1. The lowest BCUT2D eigenvalue weighted by molar-refractivity contribution is -0.139. The zero-order valence-corrected chi connectivity index (χ0v) is 14.6. The molecule has 9 heteroatoms. The fourth-order valence-electron chi connectivity index (χ4n) is 1.55. The first-order chi connectivity index (χ1) is 10.0. The zero-order chi connectivity index (χ0) is 17.4. The van der Waals surface area contributed by atoms with Gasteiger partial charge in [-0.15, -0.1) is 0 Å². The molecule has 130 valence electrons. The summed E-state index contributed by atoms with van der Waals surface area (Å²) < 4.78 is 27.4. The summed E-state index contributed by atoms with van der Waals surface area (Å²) in [4.78, 5) is 22.8. The smallest absolute Gasteiger partial charge is 0.408 e. The second-order valence-electron chi connectivity index (χ2n) is 5.50. The fraction of sp³-hybridized carbons (Fsp3) is 0.846. The van der Waals surface area contributed by atoms with Crippen molar-refractivity contribution >= 4 is 19.7 Å². The van der Waals surface area contributed by atoms with Crippen molar-refractivity contribution in [2.75, 3.05) is 19.4 Å². The van der Waals surface area contributed by atoms with Crippen LogP contribution in [-0.4, -0.2) is 48.2 Å². The van der Waals surface area contributed by atoms with Crippen molar-refractivity contribution in [3.63, 3.8) is 0 Å². The highest BCUT2D eigenvalue weighted by Crippen LogP contribution is 2.48. The molecule has 22 heavy (non-hydrogen) atoms. The van der Waals surface area contributed by atoms with Gasteiger partial charge in [0.15, 0.2) is 0 Å². The quantitative estimate of drug-likeness (QED) is 0.621. The van der Waals surface area contributed by atoms with Gasteiger partial charge in [0.05, 0.1) is 19.4 Å². The normalized spacial score (nSPS) is 13.5. The van der Waals surface area contributed by atoms with Gasteiger partial charge in [0.25, 0.3) is 0 Å². The van der Waals surface area contributed by atoms with Gasteiger partial charge in [-0.2, -0.15) is 0 Å². The summed E-state index contributed by atoms with van der Waals surface area (Å²) in [5.41, 5.74) is -0.737. The van der Waals surface area contributed by atoms with Gasteiger partial charge in [0.1, 0.15) is 11.6 Å². The first-order valence-corrected chi connectivity index (χ1v) is 8.86. The predicted octanol–water partition coefficient (Wildman–Crippen LogP) is 2.62. The van der Waals surface area contributed by atoms with Gasteiger partial charge in [-0.05, 0) is 41.0 Å². The van der Waals surface area contributed by atoms with Gasteiger partial charge < -0.3 is 24.2 Å². The molecule has 0 spiro atoms. The third-order valence-corrected chi connectivity index (χ3v) is 4.44. The average molecular weight is 339 g/mol. The maximum atomic E-state index is 12.3. The Morgan fingerprint density at radius 3 is 2.05 bits per heavy atom. The molecule has 0 aromatic rings. The van der Waals surface area contributed by atoms with Crippen molar-refractivity contribution in [3.8, 4) is 0 Å². The third kappa shape index (κ3) is 9.02. The lowest BCUT2D eigenvalue weighted by Crippen LogP contribution is -2.43. The number of aliphatic carboxylic acids is 1. The predicted molar refractivity (Wildman–Crippen MR) is 81.1 cm³/mol. The highest BCUT2D eigenvalue weighted by molar-refractivity contribution is 7.53. The molecule has 0 aromatic carbocycles. The van der Waals surface area contributed by atoms with E-state index >= 15 is 0 Å². The second-order valence-corrected chi connectivity index (χ2v) is 7.68. The van der Waals surface area contributed by atoms with Crippen LogP contribution in [0.4, 0.5) is 4.79 Å². The first kappa shape index (κ1) is 20.9. The molecule has 0 aromatic heterocycles. The van der Waals surface area contributed by atoms with Crippen LogP contribution in [0.15, 0.2) is 0 Å². The van der Waals surface area contributed by atoms with Crippen LogP contribution in [0.25, 0.3) is 0 Å². The average Bonchev–Trinajstić information content (AvgIpc) is 2.32. The van der Waals surface area contributed by atoms with E-state index < -0.39 is 31.3 Å². The van der Waals surface area contributed by atoms with Crippen LogP contribution >= 0.6 is 7.60 Å². The highest BCUT2D eigenvalue weighted by Gasteiger charge is 2.29. The summed E-state index contributed by atoms with van der Waals surface area (Å²) in [7, 11) is -3.35. The summed E-state index contributed by atoms with van der Waals surface area (Å²) in [6.07, 6.45) is -1.05. The van der Waals surface area contributed by atoms with E-state index in [4.69, 9.17) is 18.9 Å². The summed E-state index contributed by atoms with van der Waals surface area (Å²) >= 11 is 0. The Hall–Kier alpha value is -1.11. The molecule has 0 bridgehead atoms. The van der Waals surface area contributed by atoms with Crippen LogP contribution in [0.1, 0.15) is 41.0 Å². The Labute approximate surface area is 131 Å². The van der Waals surface area contributed by atoms with Crippen molar-refractivity contribution in [2.24, 2.45) is 0 Å². The molecule has 0 unspecified atom stereocenters. The molecule has 2 N–H and O–H groups in total. The summed E-state index contributed by atoms with van der Waals surface area (Å²) in [5, 5.41) is 11.4. The Kier molecular flexibility index (Phi) is 8.66. The van der Waals surface area contributed by atoms with Gasteiger partial charge in [-0.3, -0.25) is 4.57 Å². The van der Waals surface area contributed by atoms with Crippen molar-refractivity contribution in [1.29, 1.82) is 0 Å². The number of ether oxygens (including phenoxy) is 1. The molecule has 0 fully saturated rings. The number of hydrogen-bond acceptors (Lipinski definition) is 6. The van der Waals surface area contributed by atoms with Gasteiger partial charge in [0.2, 0.25) is 0 Å². The molecule has 8 nitrogen and oxygen atoms in total. The summed E-state index contributed by atoms with van der Waals surface area (Å²) in [5.74, 6) is -1.24. The van der Waals surface area contributed by atoms with Gasteiger partial charge in [-0.25, -0.2) is 9.59 Å². The minimum Gasteiger partial charge on any atom is -0.480 e. The third-order valence-electron chi connectivity index (χ3n) is 2.33. The summed E-state index contributed by atoms with van der Waals surface area (Å²) in [6.45, 7) is 8.71. The molecule has 0 saturated heterocycles. The van der Waals surface area contributed by atoms with E-state index in [0.29, 0.717) is 0 Å². The Bertz CT molecular complexity index is 409. The minimum absolute atomic E-state index is 0.0914. The van der Waals surface area contributed by atoms with Crippen LogP contribution in [-0.2, 0) is 23.1 Å². The molecule has 0 saturated carbocycles. The number of carbonyl (C=O) groups is 2. The number of amides is 1. The van der Waals surface area contributed by atoms with E-state index in [1.807, 2.05) is 0 Å². The zero-order valence-electron chi connectivity index (χ0n) is 13.7. The van der Waals surface area contributed by atoms with Gasteiger partial charge in [0, 0.05) is 0 Å². The van der Waals surface area contributed by atoms with Crippen LogP contribution < -0.4 is 5.32 Å². The number of rotatable bonds is 9. The number of carboxylic acid groups (broad SMARTS) is 1. The molecule has 0 rings (SSSR count). The molecule has 0 aliphatic carbocycles. The Morgan fingerprint density at radius 1 is 1.18 bits per heavy atom. The Balaban J connectivity index is 4.68. The SMILES string of the molecule is CCOP(=O)(CC[C@H](NC(=O)OC(C)(C)C)C(=O)O)OCC. The van der Waals surface area contributed by atoms with Crippen LogP contribution in [0.2, 0.25) is 0 Å². The lowest BCUT2D eigenvalue weighted by Gasteiger charge is -2.23. The van der Waals surface area contributed by atoms with E-state index in [1.165, 1.54) is 0 Å². The lowest BCUT2D eigenvalue weighted by atomic mass is 10.2. The van der Waals surface area contributed by atoms with Crippen LogP contribution in [0, 0.1) is 0 Å². The number of carbonyl (C=O) groups excluding carboxylic acids is 1. The van der Waals surface area contributed by atoms with E-state index in [2.05, 4.69) is 5.32 Å². The van der Waals surface area contributed by atoms with Crippen LogP contribution in [0.3, 0.4) is 0 Å². The molecular formula is C13H26NO7P. The van der Waals surface area contributed by atoms with Crippen molar-refractivity contribution < 1.29 is 33.0 Å². The van der Waals surface area contributed by atoms with E-state index in [-0.39, 0.29) is 25.8 Å².